The Bertz CT molecular complexity index is 1440. The molecule has 1 fully saturated rings. The molecule has 0 bridgehead atoms. The highest BCUT2D eigenvalue weighted by molar-refractivity contribution is 7.92. The van der Waals surface area contributed by atoms with Crippen LogP contribution in [0.4, 0.5) is 5.69 Å². The molecule has 4 aromatic rings. The number of anilines is 1. The molecule has 3 N–H and O–H groups in total. The van der Waals surface area contributed by atoms with Crippen LogP contribution in [-0.2, 0) is 19.5 Å². The van der Waals surface area contributed by atoms with Gasteiger partial charge in [0.05, 0.1) is 4.90 Å². The zero-order valence-electron chi connectivity index (χ0n) is 15.6. The molecule has 1 aliphatic rings. The number of aromatic amines is 2. The number of aromatic nitrogens is 2. The monoisotopic (exact) mass is 445 g/mol. The van der Waals surface area contributed by atoms with Crippen LogP contribution in [-0.4, -0.2) is 24.7 Å². The predicted octanol–water partition coefficient (Wildman–Crippen LogP) is 3.86. The summed E-state index contributed by atoms with van der Waals surface area (Å²) in [6, 6.07) is 10.9. The molecule has 1 saturated heterocycles. The topological polar surface area (TPSA) is 113 Å². The molecule has 8 nitrogen and oxygen atoms in total. The molecule has 30 heavy (non-hydrogen) atoms. The number of hydrogen-bond acceptors (Lipinski definition) is 5. The summed E-state index contributed by atoms with van der Waals surface area (Å²) < 4.78 is 39.5. The Balaban J connectivity index is 1.65. The van der Waals surface area contributed by atoms with E-state index in [0.29, 0.717) is 38.1 Å². The van der Waals surface area contributed by atoms with E-state index in [1.807, 2.05) is 0 Å². The average Bonchev–Trinajstić information content (AvgIpc) is 3.12. The van der Waals surface area contributed by atoms with Gasteiger partial charge in [0.1, 0.15) is 5.52 Å². The summed E-state index contributed by atoms with van der Waals surface area (Å²) in [6.07, 6.45) is 0.683. The van der Waals surface area contributed by atoms with Crippen LogP contribution in [0.1, 0.15) is 18.8 Å². The van der Waals surface area contributed by atoms with E-state index in [2.05, 4.69) is 14.7 Å². The summed E-state index contributed by atoms with van der Waals surface area (Å²) in [5.41, 5.74) is 1.54. The Morgan fingerprint density at radius 1 is 1.10 bits per heavy atom. The second kappa shape index (κ2) is 6.85. The van der Waals surface area contributed by atoms with Gasteiger partial charge in [-0.2, -0.15) is 0 Å². The zero-order chi connectivity index (χ0) is 21.0. The average molecular weight is 446 g/mol. The number of benzene rings is 2. The SMILES string of the molecule is CC1OC(c2c[nH]c3c(=O)[nH]c4ccc(S(=O)(=O)Nc5ccc(Cl)cc5)cc4c23)O1. The summed E-state index contributed by atoms with van der Waals surface area (Å²) in [5, 5.41) is 1.63. The lowest BCUT2D eigenvalue weighted by molar-refractivity contribution is -0.382. The molecule has 5 rings (SSSR count). The minimum absolute atomic E-state index is 0.0502. The smallest absolute Gasteiger partial charge is 0.272 e. The van der Waals surface area contributed by atoms with Gasteiger partial charge in [-0.1, -0.05) is 11.6 Å². The quantitative estimate of drug-likeness (QED) is 0.441. The molecule has 0 radical (unpaired) electrons. The Labute approximate surface area is 175 Å². The minimum Gasteiger partial charge on any atom is -0.356 e. The zero-order valence-corrected chi connectivity index (χ0v) is 17.2. The van der Waals surface area contributed by atoms with Crippen LogP contribution in [0.3, 0.4) is 0 Å². The first-order valence-electron chi connectivity index (χ1n) is 9.08. The van der Waals surface area contributed by atoms with E-state index in [-0.39, 0.29) is 16.7 Å². The van der Waals surface area contributed by atoms with Crippen molar-refractivity contribution in [1.29, 1.82) is 0 Å². The van der Waals surface area contributed by atoms with Gasteiger partial charge in [0.2, 0.25) is 0 Å². The van der Waals surface area contributed by atoms with Crippen LogP contribution in [0.15, 0.2) is 58.4 Å². The molecule has 0 amide bonds. The van der Waals surface area contributed by atoms with Crippen molar-refractivity contribution in [3.63, 3.8) is 0 Å². The fraction of sp³-hybridized carbons (Fsp3) is 0.150. The Morgan fingerprint density at radius 2 is 1.83 bits per heavy atom. The third kappa shape index (κ3) is 3.16. The summed E-state index contributed by atoms with van der Waals surface area (Å²) >= 11 is 5.86. The van der Waals surface area contributed by atoms with E-state index in [1.165, 1.54) is 12.1 Å². The fourth-order valence-corrected chi connectivity index (χ4v) is 4.73. The van der Waals surface area contributed by atoms with Crippen LogP contribution in [0.2, 0.25) is 5.02 Å². The second-order valence-electron chi connectivity index (χ2n) is 6.94. The number of nitrogens with one attached hydrogen (secondary N) is 3. The number of ether oxygens (including phenoxy) is 2. The van der Waals surface area contributed by atoms with E-state index >= 15 is 0 Å². The van der Waals surface area contributed by atoms with Crippen molar-refractivity contribution in [2.75, 3.05) is 4.72 Å². The van der Waals surface area contributed by atoms with E-state index in [0.717, 1.165) is 0 Å². The molecule has 1 aliphatic heterocycles. The van der Waals surface area contributed by atoms with Gasteiger partial charge < -0.3 is 19.4 Å². The van der Waals surface area contributed by atoms with E-state index in [1.54, 1.807) is 43.5 Å². The molecule has 3 heterocycles. The Hall–Kier alpha value is -2.85. The molecule has 2 aromatic carbocycles. The highest BCUT2D eigenvalue weighted by Gasteiger charge is 2.31. The number of H-pyrrole nitrogens is 2. The molecule has 0 unspecified atom stereocenters. The maximum Gasteiger partial charge on any atom is 0.272 e. The first-order chi connectivity index (χ1) is 14.3. The van der Waals surface area contributed by atoms with Crippen molar-refractivity contribution in [2.24, 2.45) is 0 Å². The van der Waals surface area contributed by atoms with Gasteiger partial charge in [-0.25, -0.2) is 8.42 Å². The molecule has 154 valence electrons. The summed E-state index contributed by atoms with van der Waals surface area (Å²) in [4.78, 5) is 18.2. The van der Waals surface area contributed by atoms with Crippen LogP contribution >= 0.6 is 11.6 Å². The van der Waals surface area contributed by atoms with Crippen LogP contribution < -0.4 is 10.3 Å². The molecule has 0 atom stereocenters. The van der Waals surface area contributed by atoms with Crippen LogP contribution in [0, 0.1) is 0 Å². The van der Waals surface area contributed by atoms with E-state index < -0.39 is 16.3 Å². The normalized spacial score (nSPS) is 19.1. The first kappa shape index (κ1) is 19.1. The van der Waals surface area contributed by atoms with E-state index in [4.69, 9.17) is 21.1 Å². The summed E-state index contributed by atoms with van der Waals surface area (Å²) in [7, 11) is -3.87. The van der Waals surface area contributed by atoms with Gasteiger partial charge in [-0.15, -0.1) is 0 Å². The van der Waals surface area contributed by atoms with Crippen LogP contribution in [0.5, 0.6) is 0 Å². The molecular weight excluding hydrogens is 430 g/mol. The molecule has 0 spiro atoms. The largest absolute Gasteiger partial charge is 0.356 e. The number of pyridine rings is 1. The molecule has 2 aromatic heterocycles. The third-order valence-corrected chi connectivity index (χ3v) is 6.57. The number of hydrogen-bond donors (Lipinski definition) is 3. The lowest BCUT2D eigenvalue weighted by Gasteiger charge is -2.33. The Kier molecular flexibility index (Phi) is 4.37. The maximum absolute atomic E-state index is 12.9. The van der Waals surface area contributed by atoms with Crippen molar-refractivity contribution in [3.05, 3.63) is 69.6 Å². The van der Waals surface area contributed by atoms with Gasteiger partial charge in [0, 0.05) is 38.8 Å². The summed E-state index contributed by atoms with van der Waals surface area (Å²) in [5.74, 6) is 0. The minimum atomic E-state index is -3.87. The number of sulfonamides is 1. The fourth-order valence-electron chi connectivity index (χ4n) is 3.52. The van der Waals surface area contributed by atoms with Crippen molar-refractivity contribution < 1.29 is 17.9 Å². The van der Waals surface area contributed by atoms with Crippen molar-refractivity contribution >= 4 is 49.1 Å². The molecular formula is C20H16ClN3O5S. The van der Waals surface area contributed by atoms with Crippen molar-refractivity contribution in [2.45, 2.75) is 24.4 Å². The van der Waals surface area contributed by atoms with Gasteiger partial charge in [-0.3, -0.25) is 9.52 Å². The molecule has 0 saturated carbocycles. The lowest BCUT2D eigenvalue weighted by Crippen LogP contribution is -2.31. The van der Waals surface area contributed by atoms with Gasteiger partial charge >= 0.3 is 0 Å². The second-order valence-corrected chi connectivity index (χ2v) is 9.06. The molecule has 0 aliphatic carbocycles. The third-order valence-electron chi connectivity index (χ3n) is 4.94. The van der Waals surface area contributed by atoms with Crippen LogP contribution in [0.25, 0.3) is 21.8 Å². The standard InChI is InChI=1S/C20H16ClN3O5S/c1-10-28-20(29-10)15-9-22-18-17(15)14-8-13(6-7-16(14)23-19(18)25)30(26,27)24-12-4-2-11(21)3-5-12/h2-10,20,22,24H,1H3,(H,23,25). The van der Waals surface area contributed by atoms with Gasteiger partial charge in [-0.05, 0) is 49.4 Å². The first-order valence-corrected chi connectivity index (χ1v) is 10.9. The number of halogens is 1. The highest BCUT2D eigenvalue weighted by atomic mass is 35.5. The number of rotatable bonds is 4. The van der Waals surface area contributed by atoms with Crippen molar-refractivity contribution in [3.8, 4) is 0 Å². The maximum atomic E-state index is 12.9. The highest BCUT2D eigenvalue weighted by Crippen LogP contribution is 2.37. The Morgan fingerprint density at radius 3 is 2.53 bits per heavy atom. The summed E-state index contributed by atoms with van der Waals surface area (Å²) in [6.45, 7) is 1.77. The van der Waals surface area contributed by atoms with Crippen molar-refractivity contribution in [1.82, 2.24) is 9.97 Å². The molecule has 10 heteroatoms. The van der Waals surface area contributed by atoms with Gasteiger partial charge in [0.15, 0.2) is 12.6 Å². The van der Waals surface area contributed by atoms with Gasteiger partial charge in [0.25, 0.3) is 15.6 Å². The number of fused-ring (bicyclic) bond motifs is 3. The predicted molar refractivity (Wildman–Crippen MR) is 113 cm³/mol. The van der Waals surface area contributed by atoms with E-state index in [9.17, 15) is 13.2 Å². The lowest BCUT2D eigenvalue weighted by atomic mass is 10.1.